The van der Waals surface area contributed by atoms with Gasteiger partial charge in [0.05, 0.1) is 16.8 Å². The summed E-state index contributed by atoms with van der Waals surface area (Å²) in [4.78, 5) is 28.9. The van der Waals surface area contributed by atoms with Crippen molar-refractivity contribution in [2.24, 2.45) is 0 Å². The number of ether oxygens (including phenoxy) is 1. The SMILES string of the molecule is Cc1c(C(=O)Nc2cccc(OCc3cscn3)c2)oc2c1C(=O)CCC2. The lowest BCUT2D eigenvalue weighted by atomic mass is 9.94. The Hall–Kier alpha value is -2.93. The molecule has 1 aromatic carbocycles. The highest BCUT2D eigenvalue weighted by molar-refractivity contribution is 7.07. The summed E-state index contributed by atoms with van der Waals surface area (Å²) in [6.45, 7) is 2.13. The van der Waals surface area contributed by atoms with Gasteiger partial charge in [0.25, 0.3) is 5.91 Å². The van der Waals surface area contributed by atoms with Gasteiger partial charge >= 0.3 is 0 Å². The number of carbonyl (C=O) groups excluding carboxylic acids is 2. The summed E-state index contributed by atoms with van der Waals surface area (Å²) >= 11 is 1.51. The van der Waals surface area contributed by atoms with Crippen LogP contribution in [-0.4, -0.2) is 16.7 Å². The molecule has 0 unspecified atom stereocenters. The molecule has 1 amide bonds. The van der Waals surface area contributed by atoms with Crippen molar-refractivity contribution in [3.63, 3.8) is 0 Å². The number of rotatable bonds is 5. The Kier molecular flexibility index (Phi) is 4.77. The predicted molar refractivity (Wildman–Crippen MR) is 102 cm³/mol. The molecule has 138 valence electrons. The van der Waals surface area contributed by atoms with Crippen molar-refractivity contribution in [2.45, 2.75) is 32.8 Å². The van der Waals surface area contributed by atoms with Crippen LogP contribution in [0.4, 0.5) is 5.69 Å². The molecular weight excluding hydrogens is 364 g/mol. The third kappa shape index (κ3) is 3.64. The van der Waals surface area contributed by atoms with E-state index in [1.165, 1.54) is 11.3 Å². The number of aromatic nitrogens is 1. The molecule has 4 rings (SSSR count). The van der Waals surface area contributed by atoms with Crippen LogP contribution in [0.1, 0.15) is 50.8 Å². The Morgan fingerprint density at radius 2 is 2.26 bits per heavy atom. The molecule has 7 heteroatoms. The van der Waals surface area contributed by atoms with Crippen LogP contribution in [0.5, 0.6) is 5.75 Å². The summed E-state index contributed by atoms with van der Waals surface area (Å²) in [5.41, 5.74) is 4.40. The molecule has 0 radical (unpaired) electrons. The van der Waals surface area contributed by atoms with E-state index >= 15 is 0 Å². The fraction of sp³-hybridized carbons (Fsp3) is 0.250. The summed E-state index contributed by atoms with van der Waals surface area (Å²) in [6.07, 6.45) is 1.96. The largest absolute Gasteiger partial charge is 0.487 e. The maximum absolute atomic E-state index is 12.6. The minimum atomic E-state index is -0.369. The molecule has 1 aliphatic rings. The molecule has 6 nitrogen and oxygen atoms in total. The van der Waals surface area contributed by atoms with E-state index in [1.54, 1.807) is 30.6 Å². The number of nitrogens with one attached hydrogen (secondary N) is 1. The highest BCUT2D eigenvalue weighted by Crippen LogP contribution is 2.30. The van der Waals surface area contributed by atoms with Crippen molar-refractivity contribution in [3.05, 3.63) is 63.5 Å². The fourth-order valence-electron chi connectivity index (χ4n) is 3.18. The van der Waals surface area contributed by atoms with E-state index in [0.29, 0.717) is 47.8 Å². The number of benzene rings is 1. The van der Waals surface area contributed by atoms with Gasteiger partial charge in [0, 0.05) is 35.5 Å². The van der Waals surface area contributed by atoms with Gasteiger partial charge < -0.3 is 14.5 Å². The van der Waals surface area contributed by atoms with E-state index in [9.17, 15) is 9.59 Å². The van der Waals surface area contributed by atoms with Crippen molar-refractivity contribution < 1.29 is 18.7 Å². The van der Waals surface area contributed by atoms with E-state index in [2.05, 4.69) is 10.3 Å². The first kappa shape index (κ1) is 17.5. The molecule has 1 N–H and O–H groups in total. The third-order valence-electron chi connectivity index (χ3n) is 4.47. The number of hydrogen-bond donors (Lipinski definition) is 1. The Labute approximate surface area is 160 Å². The lowest BCUT2D eigenvalue weighted by Gasteiger charge is -2.08. The van der Waals surface area contributed by atoms with Crippen molar-refractivity contribution in [2.75, 3.05) is 5.32 Å². The molecule has 0 atom stereocenters. The van der Waals surface area contributed by atoms with Crippen LogP contribution in [0.2, 0.25) is 0 Å². The molecule has 0 saturated heterocycles. The van der Waals surface area contributed by atoms with Gasteiger partial charge in [-0.15, -0.1) is 11.3 Å². The zero-order valence-electron chi connectivity index (χ0n) is 14.8. The average molecular weight is 382 g/mol. The fourth-order valence-corrected chi connectivity index (χ4v) is 3.73. The van der Waals surface area contributed by atoms with Crippen LogP contribution >= 0.6 is 11.3 Å². The number of carbonyl (C=O) groups is 2. The number of furan rings is 1. The molecule has 27 heavy (non-hydrogen) atoms. The lowest BCUT2D eigenvalue weighted by molar-refractivity contribution is 0.0963. The van der Waals surface area contributed by atoms with Gasteiger partial charge in [-0.2, -0.15) is 0 Å². The number of hydrogen-bond acceptors (Lipinski definition) is 6. The highest BCUT2D eigenvalue weighted by atomic mass is 32.1. The second-order valence-electron chi connectivity index (χ2n) is 6.38. The normalized spacial score (nSPS) is 13.3. The number of fused-ring (bicyclic) bond motifs is 1. The Bertz CT molecular complexity index is 992. The summed E-state index contributed by atoms with van der Waals surface area (Å²) in [5, 5.41) is 4.74. The minimum absolute atomic E-state index is 0.0500. The van der Waals surface area contributed by atoms with Crippen LogP contribution in [0, 0.1) is 6.92 Å². The standard InChI is InChI=1S/C20H18N2O4S/c1-12-18-16(23)6-3-7-17(18)26-19(12)20(24)22-13-4-2-5-15(8-13)25-9-14-10-27-11-21-14/h2,4-5,8,10-11H,3,6-7,9H2,1H3,(H,22,24). The summed E-state index contributed by atoms with van der Waals surface area (Å²) in [7, 11) is 0. The van der Waals surface area contributed by atoms with Crippen LogP contribution in [-0.2, 0) is 13.0 Å². The molecule has 0 saturated carbocycles. The molecule has 0 spiro atoms. The quantitative estimate of drug-likeness (QED) is 0.707. The van der Waals surface area contributed by atoms with E-state index in [1.807, 2.05) is 11.4 Å². The monoisotopic (exact) mass is 382 g/mol. The lowest BCUT2D eigenvalue weighted by Crippen LogP contribution is -2.13. The number of thiazole rings is 1. The number of amides is 1. The topological polar surface area (TPSA) is 81.4 Å². The van der Waals surface area contributed by atoms with E-state index < -0.39 is 0 Å². The number of Topliss-reactive ketones (excluding diaryl/α,β-unsaturated/α-hetero) is 1. The van der Waals surface area contributed by atoms with E-state index in [-0.39, 0.29) is 17.5 Å². The molecule has 0 fully saturated rings. The smallest absolute Gasteiger partial charge is 0.291 e. The van der Waals surface area contributed by atoms with Crippen molar-refractivity contribution in [3.8, 4) is 5.75 Å². The molecular formula is C20H18N2O4S. The molecule has 3 aromatic rings. The van der Waals surface area contributed by atoms with Gasteiger partial charge in [-0.25, -0.2) is 4.98 Å². The summed E-state index contributed by atoms with van der Waals surface area (Å²) in [5.74, 6) is 1.13. The van der Waals surface area contributed by atoms with E-state index in [4.69, 9.17) is 9.15 Å². The van der Waals surface area contributed by atoms with Crippen LogP contribution < -0.4 is 10.1 Å². The second kappa shape index (κ2) is 7.36. The summed E-state index contributed by atoms with van der Waals surface area (Å²) < 4.78 is 11.4. The van der Waals surface area contributed by atoms with Crippen molar-refractivity contribution in [1.29, 1.82) is 0 Å². The number of nitrogens with zero attached hydrogens (tertiary/aromatic N) is 1. The maximum Gasteiger partial charge on any atom is 0.291 e. The summed E-state index contributed by atoms with van der Waals surface area (Å²) in [6, 6.07) is 7.14. The van der Waals surface area contributed by atoms with Gasteiger partial charge in [0.15, 0.2) is 11.5 Å². The number of aryl methyl sites for hydroxylation is 1. The Balaban J connectivity index is 1.48. The first-order valence-electron chi connectivity index (χ1n) is 8.68. The molecule has 2 aromatic heterocycles. The first-order valence-corrected chi connectivity index (χ1v) is 9.63. The molecule has 0 bridgehead atoms. The number of anilines is 1. The maximum atomic E-state index is 12.6. The second-order valence-corrected chi connectivity index (χ2v) is 7.10. The Morgan fingerprint density at radius 1 is 1.37 bits per heavy atom. The Morgan fingerprint density at radius 3 is 3.04 bits per heavy atom. The number of ketones is 1. The van der Waals surface area contributed by atoms with Crippen LogP contribution in [0.25, 0.3) is 0 Å². The van der Waals surface area contributed by atoms with Crippen LogP contribution in [0.3, 0.4) is 0 Å². The first-order chi connectivity index (χ1) is 13.1. The van der Waals surface area contributed by atoms with Gasteiger partial charge in [0.2, 0.25) is 0 Å². The zero-order valence-corrected chi connectivity index (χ0v) is 15.6. The van der Waals surface area contributed by atoms with Crippen molar-refractivity contribution in [1.82, 2.24) is 4.98 Å². The zero-order chi connectivity index (χ0) is 18.8. The van der Waals surface area contributed by atoms with Gasteiger partial charge in [0.1, 0.15) is 18.1 Å². The average Bonchev–Trinajstić information content (AvgIpc) is 3.29. The van der Waals surface area contributed by atoms with E-state index in [0.717, 1.165) is 12.1 Å². The molecule has 2 heterocycles. The van der Waals surface area contributed by atoms with Gasteiger partial charge in [-0.05, 0) is 25.5 Å². The van der Waals surface area contributed by atoms with Crippen LogP contribution in [0.15, 0.2) is 39.6 Å². The van der Waals surface area contributed by atoms with Gasteiger partial charge in [-0.3, -0.25) is 9.59 Å². The molecule has 1 aliphatic carbocycles. The van der Waals surface area contributed by atoms with Crippen molar-refractivity contribution >= 4 is 28.7 Å². The predicted octanol–water partition coefficient (Wildman–Crippen LogP) is 4.39. The third-order valence-corrected chi connectivity index (χ3v) is 5.11. The molecule has 0 aliphatic heterocycles. The van der Waals surface area contributed by atoms with Gasteiger partial charge in [-0.1, -0.05) is 6.07 Å². The highest BCUT2D eigenvalue weighted by Gasteiger charge is 2.28. The minimum Gasteiger partial charge on any atom is -0.487 e.